The van der Waals surface area contributed by atoms with Gasteiger partial charge in [-0.1, -0.05) is 12.1 Å². The second-order valence-electron chi connectivity index (χ2n) is 4.44. The zero-order valence-corrected chi connectivity index (χ0v) is 11.5. The molecule has 0 bridgehead atoms. The summed E-state index contributed by atoms with van der Waals surface area (Å²) in [6, 6.07) is 11.2. The van der Waals surface area contributed by atoms with Crippen molar-refractivity contribution in [1.29, 1.82) is 5.26 Å². The molecule has 2 rings (SSSR count). The Labute approximate surface area is 113 Å². The van der Waals surface area contributed by atoms with Gasteiger partial charge in [-0.2, -0.15) is 5.26 Å². The van der Waals surface area contributed by atoms with E-state index in [0.717, 1.165) is 26.2 Å². The fraction of sp³-hybridized carbons (Fsp3) is 0.500. The van der Waals surface area contributed by atoms with Crippen LogP contribution in [0.25, 0.3) is 0 Å². The van der Waals surface area contributed by atoms with E-state index in [1.807, 2.05) is 0 Å². The second kappa shape index (κ2) is 6.79. The number of hydrogen-bond acceptors (Lipinski definition) is 4. The third kappa shape index (κ3) is 3.26. The second-order valence-corrected chi connectivity index (χ2v) is 5.32. The average molecular weight is 261 g/mol. The Kier molecular flexibility index (Phi) is 5.06. The highest BCUT2D eigenvalue weighted by Crippen LogP contribution is 2.26. The van der Waals surface area contributed by atoms with Gasteiger partial charge >= 0.3 is 0 Å². The lowest BCUT2D eigenvalue weighted by atomic mass is 10.0. The standard InChI is InChI=1S/C14H19N3S/c1-18-13-4-2-12(3-5-13)14(6-7-15)17-10-8-16-9-11-17/h2-5,14,16H,6,8-11H2,1H3/t14-/m1/s1. The highest BCUT2D eigenvalue weighted by atomic mass is 32.2. The summed E-state index contributed by atoms with van der Waals surface area (Å²) < 4.78 is 0. The Morgan fingerprint density at radius 2 is 2.00 bits per heavy atom. The molecule has 1 fully saturated rings. The van der Waals surface area contributed by atoms with Gasteiger partial charge in [0, 0.05) is 37.1 Å². The Morgan fingerprint density at radius 3 is 2.56 bits per heavy atom. The van der Waals surface area contributed by atoms with Crippen LogP contribution in [0.2, 0.25) is 0 Å². The van der Waals surface area contributed by atoms with E-state index in [0.29, 0.717) is 6.42 Å². The smallest absolute Gasteiger partial charge is 0.0641 e. The molecule has 4 heteroatoms. The van der Waals surface area contributed by atoms with Gasteiger partial charge in [0.15, 0.2) is 0 Å². The van der Waals surface area contributed by atoms with E-state index < -0.39 is 0 Å². The summed E-state index contributed by atoms with van der Waals surface area (Å²) in [5.74, 6) is 0. The predicted molar refractivity (Wildman–Crippen MR) is 75.6 cm³/mol. The number of rotatable bonds is 4. The molecule has 1 heterocycles. The molecule has 1 saturated heterocycles. The molecular formula is C14H19N3S. The van der Waals surface area contributed by atoms with Gasteiger partial charge in [-0.05, 0) is 24.0 Å². The first-order valence-corrected chi connectivity index (χ1v) is 7.53. The van der Waals surface area contributed by atoms with Gasteiger partial charge in [0.25, 0.3) is 0 Å². The maximum atomic E-state index is 9.03. The first-order chi connectivity index (χ1) is 8.85. The lowest BCUT2D eigenvalue weighted by Crippen LogP contribution is -2.45. The molecule has 1 aromatic carbocycles. The minimum atomic E-state index is 0.244. The molecule has 0 radical (unpaired) electrons. The van der Waals surface area contributed by atoms with Crippen LogP contribution in [0, 0.1) is 11.3 Å². The Hall–Kier alpha value is -1.02. The normalized spacial score (nSPS) is 18.2. The van der Waals surface area contributed by atoms with Crippen LogP contribution in [-0.2, 0) is 0 Å². The van der Waals surface area contributed by atoms with Crippen LogP contribution in [0.15, 0.2) is 29.2 Å². The fourth-order valence-electron chi connectivity index (χ4n) is 2.36. The van der Waals surface area contributed by atoms with Gasteiger partial charge in [-0.25, -0.2) is 0 Å². The maximum absolute atomic E-state index is 9.03. The molecule has 3 nitrogen and oxygen atoms in total. The molecule has 0 aliphatic carbocycles. The number of hydrogen-bond donors (Lipinski definition) is 1. The van der Waals surface area contributed by atoms with E-state index in [9.17, 15) is 0 Å². The van der Waals surface area contributed by atoms with Crippen molar-refractivity contribution in [3.05, 3.63) is 29.8 Å². The topological polar surface area (TPSA) is 39.1 Å². The first kappa shape index (κ1) is 13.4. The minimum Gasteiger partial charge on any atom is -0.314 e. The molecule has 18 heavy (non-hydrogen) atoms. The van der Waals surface area contributed by atoms with Crippen molar-refractivity contribution in [3.8, 4) is 6.07 Å². The van der Waals surface area contributed by atoms with E-state index >= 15 is 0 Å². The van der Waals surface area contributed by atoms with Crippen LogP contribution in [0.4, 0.5) is 0 Å². The average Bonchev–Trinajstić information content (AvgIpc) is 2.46. The van der Waals surface area contributed by atoms with Gasteiger partial charge < -0.3 is 5.32 Å². The number of thioether (sulfide) groups is 1. The molecule has 0 aromatic heterocycles. The van der Waals surface area contributed by atoms with Gasteiger partial charge in [0.2, 0.25) is 0 Å². The maximum Gasteiger partial charge on any atom is 0.0641 e. The SMILES string of the molecule is CSc1ccc([C@@H](CC#N)N2CCNCC2)cc1. The number of piperazine rings is 1. The highest BCUT2D eigenvalue weighted by Gasteiger charge is 2.21. The molecule has 0 saturated carbocycles. The third-order valence-electron chi connectivity index (χ3n) is 3.38. The van der Waals surface area contributed by atoms with Crippen LogP contribution in [0.5, 0.6) is 0 Å². The van der Waals surface area contributed by atoms with Gasteiger partial charge in [-0.15, -0.1) is 11.8 Å². The molecule has 1 atom stereocenters. The van der Waals surface area contributed by atoms with Crippen LogP contribution in [0.3, 0.4) is 0 Å². The molecule has 1 aromatic rings. The number of nitriles is 1. The molecule has 1 aliphatic heterocycles. The van der Waals surface area contributed by atoms with Crippen molar-refractivity contribution in [2.24, 2.45) is 0 Å². The first-order valence-electron chi connectivity index (χ1n) is 6.31. The van der Waals surface area contributed by atoms with Crippen molar-refractivity contribution in [2.75, 3.05) is 32.4 Å². The summed E-state index contributed by atoms with van der Waals surface area (Å²) in [5, 5.41) is 12.4. The summed E-state index contributed by atoms with van der Waals surface area (Å²) in [6.07, 6.45) is 2.65. The summed E-state index contributed by atoms with van der Waals surface area (Å²) in [6.45, 7) is 4.09. The Bertz CT molecular complexity index is 404. The van der Waals surface area contributed by atoms with Crippen molar-refractivity contribution in [1.82, 2.24) is 10.2 Å². The van der Waals surface area contributed by atoms with Crippen LogP contribution >= 0.6 is 11.8 Å². The van der Waals surface area contributed by atoms with Crippen LogP contribution in [-0.4, -0.2) is 37.3 Å². The third-order valence-corrected chi connectivity index (χ3v) is 4.12. The Morgan fingerprint density at radius 1 is 1.33 bits per heavy atom. The fourth-order valence-corrected chi connectivity index (χ4v) is 2.77. The monoisotopic (exact) mass is 261 g/mol. The largest absolute Gasteiger partial charge is 0.314 e. The molecule has 0 spiro atoms. The van der Waals surface area contributed by atoms with Crippen molar-refractivity contribution >= 4 is 11.8 Å². The van der Waals surface area contributed by atoms with E-state index in [-0.39, 0.29) is 6.04 Å². The lowest BCUT2D eigenvalue weighted by Gasteiger charge is -2.34. The van der Waals surface area contributed by atoms with Gasteiger partial charge in [-0.3, -0.25) is 4.90 Å². The molecule has 1 N–H and O–H groups in total. The van der Waals surface area contributed by atoms with E-state index in [2.05, 4.69) is 46.8 Å². The van der Waals surface area contributed by atoms with Gasteiger partial charge in [0.1, 0.15) is 0 Å². The molecular weight excluding hydrogens is 242 g/mol. The molecule has 0 amide bonds. The van der Waals surface area contributed by atoms with Crippen LogP contribution in [0.1, 0.15) is 18.0 Å². The number of nitrogens with one attached hydrogen (secondary N) is 1. The summed E-state index contributed by atoms with van der Waals surface area (Å²) >= 11 is 1.75. The van der Waals surface area contributed by atoms with Crippen molar-refractivity contribution < 1.29 is 0 Å². The highest BCUT2D eigenvalue weighted by molar-refractivity contribution is 7.98. The van der Waals surface area contributed by atoms with E-state index in [1.165, 1.54) is 10.5 Å². The number of nitrogens with zero attached hydrogens (tertiary/aromatic N) is 2. The van der Waals surface area contributed by atoms with Crippen LogP contribution < -0.4 is 5.32 Å². The minimum absolute atomic E-state index is 0.244. The van der Waals surface area contributed by atoms with Crippen molar-refractivity contribution in [3.63, 3.8) is 0 Å². The number of benzene rings is 1. The quantitative estimate of drug-likeness (QED) is 0.844. The Balaban J connectivity index is 2.14. The molecule has 1 aliphatic rings. The summed E-state index contributed by atoms with van der Waals surface area (Å²) in [5.41, 5.74) is 1.26. The summed E-state index contributed by atoms with van der Waals surface area (Å²) in [7, 11) is 0. The molecule has 0 unspecified atom stereocenters. The zero-order valence-electron chi connectivity index (χ0n) is 10.7. The van der Waals surface area contributed by atoms with Gasteiger partial charge in [0.05, 0.1) is 12.5 Å². The zero-order chi connectivity index (χ0) is 12.8. The molecule has 96 valence electrons. The van der Waals surface area contributed by atoms with E-state index in [4.69, 9.17) is 5.26 Å². The predicted octanol–water partition coefficient (Wildman–Crippen LogP) is 2.27. The summed E-state index contributed by atoms with van der Waals surface area (Å²) in [4.78, 5) is 3.68. The lowest BCUT2D eigenvalue weighted by molar-refractivity contribution is 0.175. The van der Waals surface area contributed by atoms with E-state index in [1.54, 1.807) is 11.8 Å². The van der Waals surface area contributed by atoms with Crippen molar-refractivity contribution in [2.45, 2.75) is 17.4 Å².